The van der Waals surface area contributed by atoms with Crippen LogP contribution in [0.2, 0.25) is 0 Å². The third-order valence-electron chi connectivity index (χ3n) is 6.15. The summed E-state index contributed by atoms with van der Waals surface area (Å²) in [5.74, 6) is 2.07. The van der Waals surface area contributed by atoms with Crippen LogP contribution in [-0.2, 0) is 6.54 Å². The summed E-state index contributed by atoms with van der Waals surface area (Å²) in [4.78, 5) is 2.56. The van der Waals surface area contributed by atoms with Crippen LogP contribution in [0.4, 0.5) is 0 Å². The standard InChI is InChI=1S/C19H29NO4/c1-5-19(12-21)10-14-7-9-16(19)20(14)11-13-6-8-15(22-2)18(24-4)17(13)23-3/h6,8,14,16,21H,5,7,9-12H2,1-4H3/t14-,16+,19-/m0/s1. The van der Waals surface area contributed by atoms with Gasteiger partial charge in [0.05, 0.1) is 27.9 Å². The number of aliphatic hydroxyl groups is 1. The quantitative estimate of drug-likeness (QED) is 0.830. The Bertz CT molecular complexity index is 585. The fourth-order valence-electron chi connectivity index (χ4n) is 4.80. The molecule has 24 heavy (non-hydrogen) atoms. The molecule has 3 atom stereocenters. The zero-order chi connectivity index (χ0) is 17.3. The molecule has 0 unspecified atom stereocenters. The van der Waals surface area contributed by atoms with Crippen molar-refractivity contribution in [2.24, 2.45) is 5.41 Å². The minimum Gasteiger partial charge on any atom is -0.493 e. The van der Waals surface area contributed by atoms with Crippen molar-refractivity contribution < 1.29 is 19.3 Å². The molecule has 0 radical (unpaired) electrons. The Kier molecular flexibility index (Phi) is 4.92. The van der Waals surface area contributed by atoms with Crippen molar-refractivity contribution in [1.29, 1.82) is 0 Å². The van der Waals surface area contributed by atoms with Gasteiger partial charge in [0.1, 0.15) is 0 Å². The molecule has 2 saturated heterocycles. The normalized spacial score (nSPS) is 29.0. The molecule has 0 saturated carbocycles. The van der Waals surface area contributed by atoms with Gasteiger partial charge in [0, 0.05) is 29.6 Å². The van der Waals surface area contributed by atoms with Crippen LogP contribution in [0.15, 0.2) is 12.1 Å². The molecule has 2 aliphatic rings. The largest absolute Gasteiger partial charge is 0.493 e. The van der Waals surface area contributed by atoms with E-state index in [0.29, 0.717) is 23.6 Å². The third-order valence-corrected chi connectivity index (χ3v) is 6.15. The highest BCUT2D eigenvalue weighted by Gasteiger charge is 2.54. The summed E-state index contributed by atoms with van der Waals surface area (Å²) in [6.45, 7) is 3.30. The van der Waals surface area contributed by atoms with Gasteiger partial charge in [0.25, 0.3) is 0 Å². The molecule has 0 amide bonds. The molecule has 3 rings (SSSR count). The molecule has 2 fully saturated rings. The van der Waals surface area contributed by atoms with Gasteiger partial charge in [-0.05, 0) is 31.7 Å². The number of nitrogens with zero attached hydrogens (tertiary/aromatic N) is 1. The smallest absolute Gasteiger partial charge is 0.203 e. The predicted octanol–water partition coefficient (Wildman–Crippen LogP) is 2.84. The number of aliphatic hydroxyl groups excluding tert-OH is 1. The summed E-state index contributed by atoms with van der Waals surface area (Å²) >= 11 is 0. The van der Waals surface area contributed by atoms with Crippen molar-refractivity contribution in [3.63, 3.8) is 0 Å². The Morgan fingerprint density at radius 1 is 1.12 bits per heavy atom. The van der Waals surface area contributed by atoms with E-state index in [9.17, 15) is 5.11 Å². The topological polar surface area (TPSA) is 51.2 Å². The van der Waals surface area contributed by atoms with E-state index in [0.717, 1.165) is 30.7 Å². The highest BCUT2D eigenvalue weighted by atomic mass is 16.5. The van der Waals surface area contributed by atoms with Gasteiger partial charge in [-0.1, -0.05) is 13.0 Å². The zero-order valence-corrected chi connectivity index (χ0v) is 15.2. The van der Waals surface area contributed by atoms with Crippen molar-refractivity contribution in [3.8, 4) is 17.2 Å². The van der Waals surface area contributed by atoms with Gasteiger partial charge < -0.3 is 19.3 Å². The molecule has 1 aromatic rings. The maximum Gasteiger partial charge on any atom is 0.203 e. The summed E-state index contributed by atoms with van der Waals surface area (Å²) < 4.78 is 16.5. The molecular weight excluding hydrogens is 306 g/mol. The molecule has 0 spiro atoms. The lowest BCUT2D eigenvalue weighted by Crippen LogP contribution is -2.39. The molecule has 2 bridgehead atoms. The van der Waals surface area contributed by atoms with E-state index < -0.39 is 0 Å². The van der Waals surface area contributed by atoms with Crippen LogP contribution in [0.1, 0.15) is 38.2 Å². The second-order valence-electron chi connectivity index (χ2n) is 6.99. The molecule has 2 heterocycles. The van der Waals surface area contributed by atoms with E-state index in [4.69, 9.17) is 14.2 Å². The van der Waals surface area contributed by atoms with E-state index in [1.54, 1.807) is 21.3 Å². The minimum absolute atomic E-state index is 0.0622. The number of hydrogen-bond acceptors (Lipinski definition) is 5. The van der Waals surface area contributed by atoms with Gasteiger partial charge in [0.2, 0.25) is 5.75 Å². The highest BCUT2D eigenvalue weighted by Crippen LogP contribution is 2.52. The monoisotopic (exact) mass is 335 g/mol. The summed E-state index contributed by atoms with van der Waals surface area (Å²) in [7, 11) is 4.94. The predicted molar refractivity (Wildman–Crippen MR) is 92.9 cm³/mol. The fourth-order valence-corrected chi connectivity index (χ4v) is 4.80. The van der Waals surface area contributed by atoms with Crippen LogP contribution in [-0.4, -0.2) is 50.0 Å². The van der Waals surface area contributed by atoms with Crippen LogP contribution in [0.5, 0.6) is 17.2 Å². The Labute approximate surface area is 144 Å². The first kappa shape index (κ1) is 17.4. The molecular formula is C19H29NO4. The average molecular weight is 335 g/mol. The second-order valence-corrected chi connectivity index (χ2v) is 6.99. The van der Waals surface area contributed by atoms with E-state index in [-0.39, 0.29) is 12.0 Å². The number of methoxy groups -OCH3 is 3. The lowest BCUT2D eigenvalue weighted by atomic mass is 9.72. The van der Waals surface area contributed by atoms with Crippen molar-refractivity contribution in [2.45, 2.75) is 51.2 Å². The lowest BCUT2D eigenvalue weighted by molar-refractivity contribution is 0.0712. The zero-order valence-electron chi connectivity index (χ0n) is 15.2. The first-order chi connectivity index (χ1) is 11.6. The number of hydrogen-bond donors (Lipinski definition) is 1. The van der Waals surface area contributed by atoms with Gasteiger partial charge in [-0.3, -0.25) is 4.90 Å². The maximum atomic E-state index is 9.99. The second kappa shape index (κ2) is 6.81. The Balaban J connectivity index is 1.90. The van der Waals surface area contributed by atoms with E-state index in [1.165, 1.54) is 12.8 Å². The summed E-state index contributed by atoms with van der Waals surface area (Å²) in [5.41, 5.74) is 1.17. The molecule has 2 aliphatic heterocycles. The maximum absolute atomic E-state index is 9.99. The molecule has 5 nitrogen and oxygen atoms in total. The number of benzene rings is 1. The van der Waals surface area contributed by atoms with Crippen LogP contribution in [0, 0.1) is 5.41 Å². The molecule has 134 valence electrons. The molecule has 0 aromatic heterocycles. The van der Waals surface area contributed by atoms with E-state index in [1.807, 2.05) is 6.07 Å². The highest BCUT2D eigenvalue weighted by molar-refractivity contribution is 5.55. The van der Waals surface area contributed by atoms with Crippen LogP contribution in [0.3, 0.4) is 0 Å². The van der Waals surface area contributed by atoms with Gasteiger partial charge in [-0.25, -0.2) is 0 Å². The molecule has 0 aliphatic carbocycles. The Morgan fingerprint density at radius 2 is 1.88 bits per heavy atom. The van der Waals surface area contributed by atoms with Gasteiger partial charge >= 0.3 is 0 Å². The van der Waals surface area contributed by atoms with Crippen LogP contribution >= 0.6 is 0 Å². The number of rotatable bonds is 7. The SMILES string of the molecule is CC[C@@]1(CO)C[C@@H]2CC[C@H]1N2Cc1ccc(OC)c(OC)c1OC. The summed E-state index contributed by atoms with van der Waals surface area (Å²) in [6, 6.07) is 5.01. The molecule has 5 heteroatoms. The van der Waals surface area contributed by atoms with Gasteiger partial charge in [0.15, 0.2) is 11.5 Å². The lowest BCUT2D eigenvalue weighted by Gasteiger charge is -2.35. The first-order valence-corrected chi connectivity index (χ1v) is 8.78. The van der Waals surface area contributed by atoms with Crippen molar-refractivity contribution in [2.75, 3.05) is 27.9 Å². The summed E-state index contributed by atoms with van der Waals surface area (Å²) in [6.07, 6.45) is 4.53. The van der Waals surface area contributed by atoms with Crippen molar-refractivity contribution in [1.82, 2.24) is 4.90 Å². The third kappa shape index (κ3) is 2.54. The Morgan fingerprint density at radius 3 is 2.42 bits per heavy atom. The molecule has 1 aromatic carbocycles. The molecule has 1 N–H and O–H groups in total. The van der Waals surface area contributed by atoms with E-state index >= 15 is 0 Å². The van der Waals surface area contributed by atoms with Gasteiger partial charge in [-0.15, -0.1) is 0 Å². The minimum atomic E-state index is 0.0622. The van der Waals surface area contributed by atoms with Crippen molar-refractivity contribution >= 4 is 0 Å². The van der Waals surface area contributed by atoms with Gasteiger partial charge in [-0.2, -0.15) is 0 Å². The Hall–Kier alpha value is -1.46. The fraction of sp³-hybridized carbons (Fsp3) is 0.684. The summed E-state index contributed by atoms with van der Waals surface area (Å²) in [5, 5.41) is 9.99. The number of ether oxygens (including phenoxy) is 3. The van der Waals surface area contributed by atoms with E-state index in [2.05, 4.69) is 17.9 Å². The first-order valence-electron chi connectivity index (χ1n) is 8.78. The van der Waals surface area contributed by atoms with Crippen LogP contribution in [0.25, 0.3) is 0 Å². The number of fused-ring (bicyclic) bond motifs is 2. The van der Waals surface area contributed by atoms with Crippen LogP contribution < -0.4 is 14.2 Å². The average Bonchev–Trinajstić information content (AvgIpc) is 3.15. The van der Waals surface area contributed by atoms with Crippen molar-refractivity contribution in [3.05, 3.63) is 17.7 Å².